The zero-order chi connectivity index (χ0) is 22.1. The first-order valence-corrected chi connectivity index (χ1v) is 8.95. The summed E-state index contributed by atoms with van der Waals surface area (Å²) in [6, 6.07) is 10.7. The molecule has 0 aliphatic rings. The van der Waals surface area contributed by atoms with E-state index >= 15 is 0 Å². The van der Waals surface area contributed by atoms with Gasteiger partial charge in [0.1, 0.15) is 11.5 Å². The van der Waals surface area contributed by atoms with E-state index in [1.807, 2.05) is 0 Å². The highest BCUT2D eigenvalue weighted by Gasteiger charge is 2.16. The lowest BCUT2D eigenvalue weighted by Gasteiger charge is -2.18. The molecule has 30 heavy (non-hydrogen) atoms. The van der Waals surface area contributed by atoms with Crippen LogP contribution in [-0.4, -0.2) is 37.6 Å². The first-order chi connectivity index (χ1) is 14.3. The maximum absolute atomic E-state index is 12.1. The molecule has 0 heterocycles. The van der Waals surface area contributed by atoms with Gasteiger partial charge in [-0.2, -0.15) is 0 Å². The number of nitrogens with zero attached hydrogens (tertiary/aromatic N) is 1. The van der Waals surface area contributed by atoms with Crippen LogP contribution in [0.4, 0.5) is 5.69 Å². The lowest BCUT2D eigenvalue weighted by Crippen LogP contribution is -2.31. The molecule has 0 aliphatic carbocycles. The van der Waals surface area contributed by atoms with Gasteiger partial charge in [0.2, 0.25) is 0 Å². The van der Waals surface area contributed by atoms with E-state index in [0.29, 0.717) is 17.1 Å². The lowest BCUT2D eigenvalue weighted by atomic mass is 10.1. The third kappa shape index (κ3) is 6.06. The molecular weight excluding hydrogens is 392 g/mol. The molecule has 2 rings (SSSR count). The van der Waals surface area contributed by atoms with Gasteiger partial charge in [0, 0.05) is 17.7 Å². The number of hydrogen-bond donors (Lipinski definition) is 1. The van der Waals surface area contributed by atoms with Crippen LogP contribution in [0.1, 0.15) is 24.1 Å². The van der Waals surface area contributed by atoms with Crippen LogP contribution in [0.5, 0.6) is 11.5 Å². The fourth-order valence-electron chi connectivity index (χ4n) is 2.68. The molecule has 1 N–H and O–H groups in total. The predicted molar refractivity (Wildman–Crippen MR) is 109 cm³/mol. The van der Waals surface area contributed by atoms with Crippen molar-refractivity contribution in [2.45, 2.75) is 13.0 Å². The van der Waals surface area contributed by atoms with E-state index in [4.69, 9.17) is 14.2 Å². The van der Waals surface area contributed by atoms with Gasteiger partial charge in [-0.1, -0.05) is 12.1 Å². The Morgan fingerprint density at radius 3 is 2.57 bits per heavy atom. The van der Waals surface area contributed by atoms with Crippen molar-refractivity contribution in [2.75, 3.05) is 20.8 Å². The van der Waals surface area contributed by atoms with Crippen molar-refractivity contribution in [3.63, 3.8) is 0 Å². The van der Waals surface area contributed by atoms with Gasteiger partial charge in [0.05, 0.1) is 30.7 Å². The van der Waals surface area contributed by atoms with Crippen LogP contribution in [-0.2, 0) is 14.3 Å². The van der Waals surface area contributed by atoms with E-state index in [-0.39, 0.29) is 11.3 Å². The van der Waals surface area contributed by atoms with Crippen LogP contribution in [0.15, 0.2) is 48.5 Å². The maximum Gasteiger partial charge on any atom is 0.331 e. The van der Waals surface area contributed by atoms with E-state index in [0.717, 1.165) is 6.08 Å². The molecular formula is C21H22N2O7. The molecule has 1 amide bonds. The summed E-state index contributed by atoms with van der Waals surface area (Å²) in [5.41, 5.74) is 0.816. The Balaban J connectivity index is 1.93. The summed E-state index contributed by atoms with van der Waals surface area (Å²) in [6.07, 6.45) is 2.30. The monoisotopic (exact) mass is 414 g/mol. The normalized spacial score (nSPS) is 11.6. The Bertz CT molecular complexity index is 956. The number of benzene rings is 2. The fraction of sp³-hybridized carbons (Fsp3) is 0.238. The Kier molecular flexibility index (Phi) is 7.92. The molecule has 1 atom stereocenters. The average molecular weight is 414 g/mol. The number of amides is 1. The number of nitro benzene ring substituents is 1. The molecule has 158 valence electrons. The Morgan fingerprint density at radius 1 is 1.17 bits per heavy atom. The van der Waals surface area contributed by atoms with Gasteiger partial charge < -0.3 is 19.5 Å². The predicted octanol–water partition coefficient (Wildman–Crippen LogP) is 3.05. The van der Waals surface area contributed by atoms with Crippen molar-refractivity contribution < 1.29 is 28.7 Å². The first-order valence-electron chi connectivity index (χ1n) is 8.95. The largest absolute Gasteiger partial charge is 0.497 e. The molecule has 0 bridgehead atoms. The van der Waals surface area contributed by atoms with Crippen molar-refractivity contribution in [1.29, 1.82) is 0 Å². The zero-order valence-corrected chi connectivity index (χ0v) is 16.8. The summed E-state index contributed by atoms with van der Waals surface area (Å²) in [4.78, 5) is 34.4. The molecule has 0 saturated heterocycles. The third-order valence-electron chi connectivity index (χ3n) is 4.16. The number of rotatable bonds is 9. The summed E-state index contributed by atoms with van der Waals surface area (Å²) < 4.78 is 15.4. The van der Waals surface area contributed by atoms with E-state index < -0.39 is 29.4 Å². The smallest absolute Gasteiger partial charge is 0.331 e. The highest BCUT2D eigenvalue weighted by Crippen LogP contribution is 2.29. The third-order valence-corrected chi connectivity index (χ3v) is 4.16. The summed E-state index contributed by atoms with van der Waals surface area (Å²) in [7, 11) is 3.05. The molecule has 0 aromatic heterocycles. The number of esters is 1. The molecule has 2 aromatic rings. The van der Waals surface area contributed by atoms with Crippen LogP contribution in [0.25, 0.3) is 6.08 Å². The second-order valence-electron chi connectivity index (χ2n) is 6.15. The summed E-state index contributed by atoms with van der Waals surface area (Å²) in [6.45, 7) is 1.25. The van der Waals surface area contributed by atoms with Gasteiger partial charge in [0.25, 0.3) is 11.6 Å². The minimum atomic E-state index is -0.796. The second-order valence-corrected chi connectivity index (χ2v) is 6.15. The van der Waals surface area contributed by atoms with Gasteiger partial charge >= 0.3 is 5.97 Å². The number of ether oxygens (including phenoxy) is 3. The van der Waals surface area contributed by atoms with Gasteiger partial charge in [-0.3, -0.25) is 14.9 Å². The molecule has 0 fully saturated rings. The highest BCUT2D eigenvalue weighted by atomic mass is 16.6. The summed E-state index contributed by atoms with van der Waals surface area (Å²) in [5, 5.41) is 13.7. The fourth-order valence-corrected chi connectivity index (χ4v) is 2.68. The van der Waals surface area contributed by atoms with E-state index in [2.05, 4.69) is 5.32 Å². The number of para-hydroxylation sites is 1. The van der Waals surface area contributed by atoms with Crippen LogP contribution in [0, 0.1) is 10.1 Å². The van der Waals surface area contributed by atoms with E-state index in [1.54, 1.807) is 31.2 Å². The average Bonchev–Trinajstić information content (AvgIpc) is 2.75. The van der Waals surface area contributed by atoms with Gasteiger partial charge in [-0.15, -0.1) is 0 Å². The number of nitro groups is 1. The van der Waals surface area contributed by atoms with Crippen molar-refractivity contribution in [2.24, 2.45) is 0 Å². The van der Waals surface area contributed by atoms with Gasteiger partial charge in [-0.25, -0.2) is 4.79 Å². The van der Waals surface area contributed by atoms with Crippen LogP contribution in [0.3, 0.4) is 0 Å². The Hall–Kier alpha value is -3.88. The summed E-state index contributed by atoms with van der Waals surface area (Å²) in [5.74, 6) is -0.124. The van der Waals surface area contributed by atoms with Crippen molar-refractivity contribution in [3.05, 3.63) is 69.8 Å². The minimum absolute atomic E-state index is 0.139. The van der Waals surface area contributed by atoms with Crippen LogP contribution < -0.4 is 14.8 Å². The molecule has 0 aliphatic heterocycles. The molecule has 9 nitrogen and oxygen atoms in total. The molecule has 0 spiro atoms. The zero-order valence-electron chi connectivity index (χ0n) is 16.8. The van der Waals surface area contributed by atoms with Crippen LogP contribution >= 0.6 is 0 Å². The summed E-state index contributed by atoms with van der Waals surface area (Å²) >= 11 is 0. The Labute approximate surface area is 173 Å². The second kappa shape index (κ2) is 10.6. The Morgan fingerprint density at radius 2 is 1.90 bits per heavy atom. The number of carbonyl (C=O) groups excluding carboxylic acids is 2. The quantitative estimate of drug-likeness (QED) is 0.290. The van der Waals surface area contributed by atoms with Gasteiger partial charge in [-0.05, 0) is 37.3 Å². The van der Waals surface area contributed by atoms with Crippen molar-refractivity contribution in [3.8, 4) is 11.5 Å². The standard InChI is InChI=1S/C21H22N2O7/c1-14(17-12-16(28-2)9-10-19(17)29-3)22-20(24)13-30-21(25)11-8-15-6-4-5-7-18(15)23(26)27/h4-12,14H,13H2,1-3H3,(H,22,24)/b11-8+/t14-/m1/s1. The lowest BCUT2D eigenvalue weighted by molar-refractivity contribution is -0.385. The minimum Gasteiger partial charge on any atom is -0.497 e. The molecule has 0 radical (unpaired) electrons. The van der Waals surface area contributed by atoms with Crippen molar-refractivity contribution >= 4 is 23.6 Å². The first kappa shape index (κ1) is 22.4. The van der Waals surface area contributed by atoms with Crippen molar-refractivity contribution in [1.82, 2.24) is 5.32 Å². The molecule has 9 heteroatoms. The topological polar surface area (TPSA) is 117 Å². The SMILES string of the molecule is COc1ccc(OC)c([C@@H](C)NC(=O)COC(=O)/C=C/c2ccccc2[N+](=O)[O-])c1. The molecule has 0 saturated carbocycles. The number of methoxy groups -OCH3 is 2. The highest BCUT2D eigenvalue weighted by molar-refractivity contribution is 5.90. The van der Waals surface area contributed by atoms with Gasteiger partial charge in [0.15, 0.2) is 6.61 Å². The number of hydrogen-bond acceptors (Lipinski definition) is 7. The van der Waals surface area contributed by atoms with E-state index in [9.17, 15) is 19.7 Å². The van der Waals surface area contributed by atoms with E-state index in [1.165, 1.54) is 38.5 Å². The molecule has 0 unspecified atom stereocenters. The maximum atomic E-state index is 12.1. The molecule has 2 aromatic carbocycles. The number of carbonyl (C=O) groups is 2. The van der Waals surface area contributed by atoms with Crippen LogP contribution in [0.2, 0.25) is 0 Å². The number of nitrogens with one attached hydrogen (secondary N) is 1.